The van der Waals surface area contributed by atoms with Crippen LogP contribution in [0.1, 0.15) is 15.9 Å². The van der Waals surface area contributed by atoms with Gasteiger partial charge in [0.1, 0.15) is 6.61 Å². The molecule has 0 atom stereocenters. The number of carboxylic acid groups (broad SMARTS) is 1. The highest BCUT2D eigenvalue weighted by molar-refractivity contribution is 6.42. The van der Waals surface area contributed by atoms with Crippen LogP contribution in [0.15, 0.2) is 36.4 Å². The van der Waals surface area contributed by atoms with Gasteiger partial charge in [0.2, 0.25) is 0 Å². The molecule has 0 unspecified atom stereocenters. The molecule has 0 amide bonds. The number of rotatable bonds is 5. The summed E-state index contributed by atoms with van der Waals surface area (Å²) in [7, 11) is 1.45. The number of methoxy groups -OCH3 is 1. The Morgan fingerprint density at radius 1 is 1.10 bits per heavy atom. The predicted octanol–water partition coefficient (Wildman–Crippen LogP) is 4.28. The van der Waals surface area contributed by atoms with E-state index in [-0.39, 0.29) is 12.2 Å². The van der Waals surface area contributed by atoms with E-state index in [0.717, 1.165) is 5.56 Å². The van der Waals surface area contributed by atoms with E-state index >= 15 is 0 Å². The third-order valence-corrected chi connectivity index (χ3v) is 3.53. The molecule has 0 bridgehead atoms. The molecule has 6 heteroatoms. The Morgan fingerprint density at radius 3 is 2.48 bits per heavy atom. The zero-order valence-corrected chi connectivity index (χ0v) is 12.6. The molecule has 2 aromatic carbocycles. The lowest BCUT2D eigenvalue weighted by molar-refractivity contribution is 0.0696. The number of halogens is 2. The van der Waals surface area contributed by atoms with Gasteiger partial charge in [-0.1, -0.05) is 29.3 Å². The first-order valence-electron chi connectivity index (χ1n) is 5.99. The molecule has 4 nitrogen and oxygen atoms in total. The van der Waals surface area contributed by atoms with E-state index in [1.807, 2.05) is 0 Å². The van der Waals surface area contributed by atoms with Gasteiger partial charge in [-0.15, -0.1) is 0 Å². The minimum Gasteiger partial charge on any atom is -0.493 e. The average Bonchev–Trinajstić information content (AvgIpc) is 2.48. The fourth-order valence-corrected chi connectivity index (χ4v) is 2.03. The highest BCUT2D eigenvalue weighted by Gasteiger charge is 2.10. The van der Waals surface area contributed by atoms with Gasteiger partial charge < -0.3 is 14.6 Å². The van der Waals surface area contributed by atoms with E-state index < -0.39 is 5.97 Å². The molecule has 0 aliphatic rings. The summed E-state index contributed by atoms with van der Waals surface area (Å²) in [6, 6.07) is 9.61. The summed E-state index contributed by atoms with van der Waals surface area (Å²) in [5.41, 5.74) is 0.975. The molecule has 0 aliphatic carbocycles. The lowest BCUT2D eigenvalue weighted by atomic mass is 10.2. The average molecular weight is 327 g/mol. The molecule has 0 fully saturated rings. The number of carbonyl (C=O) groups is 1. The van der Waals surface area contributed by atoms with Crippen molar-refractivity contribution in [2.24, 2.45) is 0 Å². The summed E-state index contributed by atoms with van der Waals surface area (Å²) >= 11 is 11.8. The van der Waals surface area contributed by atoms with Crippen molar-refractivity contribution in [1.29, 1.82) is 0 Å². The zero-order chi connectivity index (χ0) is 15.4. The molecule has 110 valence electrons. The van der Waals surface area contributed by atoms with Crippen molar-refractivity contribution in [2.75, 3.05) is 7.11 Å². The standard InChI is InChI=1S/C15H12Cl2O4/c1-20-14-7-10(15(18)19)3-5-13(14)21-8-9-2-4-11(16)12(17)6-9/h2-7H,8H2,1H3,(H,18,19). The molecule has 0 saturated carbocycles. The van der Waals surface area contributed by atoms with Gasteiger partial charge in [0.05, 0.1) is 22.7 Å². The highest BCUT2D eigenvalue weighted by atomic mass is 35.5. The number of carboxylic acids is 1. The van der Waals surface area contributed by atoms with Crippen molar-refractivity contribution in [2.45, 2.75) is 6.61 Å². The van der Waals surface area contributed by atoms with Gasteiger partial charge in [0, 0.05) is 0 Å². The molecule has 0 saturated heterocycles. The maximum Gasteiger partial charge on any atom is 0.335 e. The van der Waals surface area contributed by atoms with Gasteiger partial charge in [-0.3, -0.25) is 0 Å². The number of hydrogen-bond acceptors (Lipinski definition) is 3. The quantitative estimate of drug-likeness (QED) is 0.890. The molecule has 2 aromatic rings. The van der Waals surface area contributed by atoms with Crippen LogP contribution in [-0.4, -0.2) is 18.2 Å². The summed E-state index contributed by atoms with van der Waals surface area (Å²) in [5.74, 6) is -0.215. The van der Waals surface area contributed by atoms with Gasteiger partial charge in [0.15, 0.2) is 11.5 Å². The summed E-state index contributed by atoms with van der Waals surface area (Å²) in [5, 5.41) is 9.86. The third kappa shape index (κ3) is 3.80. The van der Waals surface area contributed by atoms with Gasteiger partial charge in [0.25, 0.3) is 0 Å². The first-order valence-corrected chi connectivity index (χ1v) is 6.75. The molecule has 0 spiro atoms. The summed E-state index contributed by atoms with van der Waals surface area (Å²) in [6.45, 7) is 0.264. The van der Waals surface area contributed by atoms with Crippen molar-refractivity contribution >= 4 is 29.2 Å². The van der Waals surface area contributed by atoms with Gasteiger partial charge in [-0.25, -0.2) is 4.79 Å². The SMILES string of the molecule is COc1cc(C(=O)O)ccc1OCc1ccc(Cl)c(Cl)c1. The molecule has 0 radical (unpaired) electrons. The van der Waals surface area contributed by atoms with Crippen LogP contribution in [0.2, 0.25) is 10.0 Å². The smallest absolute Gasteiger partial charge is 0.335 e. The van der Waals surface area contributed by atoms with E-state index in [1.54, 1.807) is 24.3 Å². The Labute approximate surface area is 131 Å². The topological polar surface area (TPSA) is 55.8 Å². The van der Waals surface area contributed by atoms with Crippen molar-refractivity contribution < 1.29 is 19.4 Å². The predicted molar refractivity (Wildman–Crippen MR) is 80.7 cm³/mol. The number of benzene rings is 2. The number of ether oxygens (including phenoxy) is 2. The Balaban J connectivity index is 2.15. The number of aromatic carboxylic acids is 1. The van der Waals surface area contributed by atoms with Crippen molar-refractivity contribution in [3.05, 3.63) is 57.6 Å². The second-order valence-corrected chi connectivity index (χ2v) is 5.02. The molecular formula is C15H12Cl2O4. The van der Waals surface area contributed by atoms with Crippen LogP contribution in [0.25, 0.3) is 0 Å². The maximum absolute atomic E-state index is 10.9. The van der Waals surface area contributed by atoms with E-state index in [4.69, 9.17) is 37.8 Å². The Bertz CT molecular complexity index is 671. The maximum atomic E-state index is 10.9. The fourth-order valence-electron chi connectivity index (χ4n) is 1.71. The van der Waals surface area contributed by atoms with Crippen LogP contribution in [0, 0.1) is 0 Å². The molecule has 1 N–H and O–H groups in total. The summed E-state index contributed by atoms with van der Waals surface area (Å²) in [6.07, 6.45) is 0. The van der Waals surface area contributed by atoms with Crippen LogP contribution in [0.4, 0.5) is 0 Å². The summed E-state index contributed by atoms with van der Waals surface area (Å²) < 4.78 is 10.8. The molecule has 21 heavy (non-hydrogen) atoms. The van der Waals surface area contributed by atoms with Gasteiger partial charge in [-0.2, -0.15) is 0 Å². The van der Waals surface area contributed by atoms with E-state index in [2.05, 4.69) is 0 Å². The Kier molecular flexibility index (Phi) is 4.94. The van der Waals surface area contributed by atoms with Crippen LogP contribution < -0.4 is 9.47 Å². The molecule has 0 aromatic heterocycles. The van der Waals surface area contributed by atoms with Crippen molar-refractivity contribution in [3.8, 4) is 11.5 Å². The fraction of sp³-hybridized carbons (Fsp3) is 0.133. The minimum absolute atomic E-state index is 0.133. The summed E-state index contributed by atoms with van der Waals surface area (Å²) in [4.78, 5) is 10.9. The zero-order valence-electron chi connectivity index (χ0n) is 11.1. The van der Waals surface area contributed by atoms with E-state index in [9.17, 15) is 4.79 Å². The van der Waals surface area contributed by atoms with Crippen LogP contribution >= 0.6 is 23.2 Å². The normalized spacial score (nSPS) is 10.2. The second-order valence-electron chi connectivity index (χ2n) is 4.21. The van der Waals surface area contributed by atoms with Crippen molar-refractivity contribution in [3.63, 3.8) is 0 Å². The largest absolute Gasteiger partial charge is 0.493 e. The lowest BCUT2D eigenvalue weighted by Crippen LogP contribution is -2.01. The van der Waals surface area contributed by atoms with E-state index in [1.165, 1.54) is 19.2 Å². The first-order chi connectivity index (χ1) is 10.0. The minimum atomic E-state index is -1.02. The van der Waals surface area contributed by atoms with Crippen LogP contribution in [-0.2, 0) is 6.61 Å². The Hall–Kier alpha value is -1.91. The number of hydrogen-bond donors (Lipinski definition) is 1. The molecule has 0 aliphatic heterocycles. The monoisotopic (exact) mass is 326 g/mol. The van der Waals surface area contributed by atoms with Gasteiger partial charge >= 0.3 is 5.97 Å². The lowest BCUT2D eigenvalue weighted by Gasteiger charge is -2.11. The molecule has 2 rings (SSSR count). The van der Waals surface area contributed by atoms with Gasteiger partial charge in [-0.05, 0) is 35.9 Å². The highest BCUT2D eigenvalue weighted by Crippen LogP contribution is 2.29. The first kappa shape index (κ1) is 15.5. The Morgan fingerprint density at radius 2 is 1.86 bits per heavy atom. The molecular weight excluding hydrogens is 315 g/mol. The van der Waals surface area contributed by atoms with Crippen molar-refractivity contribution in [1.82, 2.24) is 0 Å². The third-order valence-electron chi connectivity index (χ3n) is 2.79. The second kappa shape index (κ2) is 6.70. The van der Waals surface area contributed by atoms with E-state index in [0.29, 0.717) is 21.5 Å². The van der Waals surface area contributed by atoms with Crippen LogP contribution in [0.5, 0.6) is 11.5 Å². The van der Waals surface area contributed by atoms with Crippen LogP contribution in [0.3, 0.4) is 0 Å². The molecule has 0 heterocycles.